The summed E-state index contributed by atoms with van der Waals surface area (Å²) >= 11 is 0. The molecule has 0 bridgehead atoms. The Labute approximate surface area is 189 Å². The Balaban J connectivity index is 1.72. The van der Waals surface area contributed by atoms with Crippen molar-refractivity contribution < 1.29 is 27.2 Å². The zero-order valence-corrected chi connectivity index (χ0v) is 19.0. The number of aromatic nitrogens is 2. The molecule has 3 aromatic rings. The highest BCUT2D eigenvalue weighted by Crippen LogP contribution is 2.27. The molecule has 1 atom stereocenters. The molecule has 2 aromatic heterocycles. The number of rotatable bonds is 6. The number of likely N-dealkylation sites (tertiary alicyclic amines) is 1. The molecule has 1 amide bonds. The standard InChI is InChI=1S/C22H24F2N4O4S/c1-26(30)22(29)20-8-18-15(10-27-6-5-17(13-27)33(2,31)32)12-28(21(18)9-25-20)11-14-3-4-16(23)7-19(14)24/h3-4,7-9,12,17,30H,5-6,10-11,13H2,1-2H3. The van der Waals surface area contributed by atoms with Crippen molar-refractivity contribution in [3.05, 3.63) is 65.1 Å². The number of carbonyl (C=O) groups is 1. The average Bonchev–Trinajstić information content (AvgIpc) is 3.35. The van der Waals surface area contributed by atoms with E-state index in [1.807, 2.05) is 4.90 Å². The minimum Gasteiger partial charge on any atom is -0.341 e. The number of carbonyl (C=O) groups excluding carboxylic acids is 1. The van der Waals surface area contributed by atoms with E-state index in [2.05, 4.69) is 4.98 Å². The molecule has 3 heterocycles. The second-order valence-electron chi connectivity index (χ2n) is 8.41. The molecule has 4 rings (SSSR count). The molecular weight excluding hydrogens is 454 g/mol. The molecule has 0 spiro atoms. The first-order valence-electron chi connectivity index (χ1n) is 10.3. The van der Waals surface area contributed by atoms with Crippen LogP contribution in [-0.4, -0.2) is 70.7 Å². The molecule has 1 N–H and O–H groups in total. The van der Waals surface area contributed by atoms with E-state index in [1.165, 1.54) is 31.6 Å². The second kappa shape index (κ2) is 8.81. The number of hydroxylamine groups is 2. The number of amides is 1. The first-order chi connectivity index (χ1) is 15.5. The molecular formula is C22H24F2N4O4S. The van der Waals surface area contributed by atoms with Gasteiger partial charge in [-0.25, -0.2) is 27.2 Å². The van der Waals surface area contributed by atoms with Gasteiger partial charge < -0.3 is 4.57 Å². The van der Waals surface area contributed by atoms with Crippen molar-refractivity contribution in [1.82, 2.24) is 19.5 Å². The van der Waals surface area contributed by atoms with Crippen LogP contribution in [-0.2, 0) is 22.9 Å². The lowest BCUT2D eigenvalue weighted by molar-refractivity contribution is -0.0379. The van der Waals surface area contributed by atoms with Gasteiger partial charge in [0.05, 0.1) is 23.5 Å². The van der Waals surface area contributed by atoms with Crippen LogP contribution in [0, 0.1) is 11.6 Å². The largest absolute Gasteiger partial charge is 0.341 e. The summed E-state index contributed by atoms with van der Waals surface area (Å²) in [5.41, 5.74) is 1.76. The molecule has 1 aliphatic heterocycles. The van der Waals surface area contributed by atoms with Gasteiger partial charge in [-0.3, -0.25) is 14.9 Å². The maximum absolute atomic E-state index is 14.3. The first-order valence-corrected chi connectivity index (χ1v) is 12.3. The summed E-state index contributed by atoms with van der Waals surface area (Å²) < 4.78 is 53.2. The second-order valence-corrected chi connectivity index (χ2v) is 10.7. The molecule has 0 aliphatic carbocycles. The van der Waals surface area contributed by atoms with Crippen LogP contribution in [0.3, 0.4) is 0 Å². The number of halogens is 2. The van der Waals surface area contributed by atoms with Gasteiger partial charge in [0.1, 0.15) is 17.3 Å². The highest BCUT2D eigenvalue weighted by atomic mass is 32.2. The van der Waals surface area contributed by atoms with Crippen LogP contribution in [0.5, 0.6) is 0 Å². The molecule has 1 fully saturated rings. The van der Waals surface area contributed by atoms with Crippen LogP contribution in [0.4, 0.5) is 8.78 Å². The first kappa shape index (κ1) is 23.3. The molecule has 0 radical (unpaired) electrons. The summed E-state index contributed by atoms with van der Waals surface area (Å²) in [5.74, 6) is -2.02. The Hall–Kier alpha value is -2.89. The summed E-state index contributed by atoms with van der Waals surface area (Å²) in [4.78, 5) is 18.4. The third-order valence-electron chi connectivity index (χ3n) is 5.95. The maximum Gasteiger partial charge on any atom is 0.295 e. The van der Waals surface area contributed by atoms with E-state index in [1.54, 1.807) is 16.8 Å². The van der Waals surface area contributed by atoms with Gasteiger partial charge in [-0.1, -0.05) is 6.07 Å². The molecule has 0 saturated carbocycles. The minimum absolute atomic E-state index is 0.0369. The van der Waals surface area contributed by atoms with Gasteiger partial charge >= 0.3 is 0 Å². The van der Waals surface area contributed by atoms with Crippen LogP contribution < -0.4 is 0 Å². The Bertz CT molecular complexity index is 1320. The molecule has 8 nitrogen and oxygen atoms in total. The van der Waals surface area contributed by atoms with Crippen molar-refractivity contribution in [3.63, 3.8) is 0 Å². The summed E-state index contributed by atoms with van der Waals surface area (Å²) in [5, 5.41) is 10.2. The van der Waals surface area contributed by atoms with Crippen LogP contribution in [0.25, 0.3) is 10.9 Å². The Morgan fingerprint density at radius 1 is 1.24 bits per heavy atom. The van der Waals surface area contributed by atoms with E-state index in [4.69, 9.17) is 0 Å². The third-order valence-corrected chi connectivity index (χ3v) is 7.54. The summed E-state index contributed by atoms with van der Waals surface area (Å²) in [6.45, 7) is 1.54. The quantitative estimate of drug-likeness (QED) is 0.432. The van der Waals surface area contributed by atoms with E-state index in [0.29, 0.717) is 42.0 Å². The predicted molar refractivity (Wildman–Crippen MR) is 118 cm³/mol. The lowest BCUT2D eigenvalue weighted by Crippen LogP contribution is -2.26. The zero-order chi connectivity index (χ0) is 23.9. The monoisotopic (exact) mass is 478 g/mol. The van der Waals surface area contributed by atoms with Crippen LogP contribution >= 0.6 is 0 Å². The highest BCUT2D eigenvalue weighted by Gasteiger charge is 2.30. The number of benzene rings is 1. The fraction of sp³-hybridized carbons (Fsp3) is 0.364. The number of nitrogens with zero attached hydrogens (tertiary/aromatic N) is 4. The van der Waals surface area contributed by atoms with E-state index in [9.17, 15) is 27.2 Å². The van der Waals surface area contributed by atoms with Crippen LogP contribution in [0.2, 0.25) is 0 Å². The fourth-order valence-corrected chi connectivity index (χ4v) is 5.18. The van der Waals surface area contributed by atoms with Gasteiger partial charge in [-0.05, 0) is 30.7 Å². The highest BCUT2D eigenvalue weighted by molar-refractivity contribution is 7.91. The Kier molecular flexibility index (Phi) is 6.21. The molecule has 1 aromatic carbocycles. The summed E-state index contributed by atoms with van der Waals surface area (Å²) in [6.07, 6.45) is 5.05. The van der Waals surface area contributed by atoms with Crippen molar-refractivity contribution in [2.24, 2.45) is 0 Å². The van der Waals surface area contributed by atoms with Crippen molar-refractivity contribution >= 4 is 26.6 Å². The van der Waals surface area contributed by atoms with Crippen LogP contribution in [0.1, 0.15) is 28.0 Å². The Morgan fingerprint density at radius 3 is 2.64 bits per heavy atom. The lowest BCUT2D eigenvalue weighted by Gasteiger charge is -2.15. The SMILES string of the molecule is CN(O)C(=O)c1cc2c(CN3CCC(S(C)(=O)=O)C3)cn(Cc3ccc(F)cc3F)c2cn1. The lowest BCUT2D eigenvalue weighted by atomic mass is 10.1. The van der Waals surface area contributed by atoms with Crippen molar-refractivity contribution in [1.29, 1.82) is 0 Å². The van der Waals surface area contributed by atoms with Crippen molar-refractivity contribution in [3.8, 4) is 0 Å². The summed E-state index contributed by atoms with van der Waals surface area (Å²) in [6, 6.07) is 4.94. The van der Waals surface area contributed by atoms with Gasteiger partial charge in [-0.15, -0.1) is 0 Å². The normalized spacial score (nSPS) is 17.1. The smallest absolute Gasteiger partial charge is 0.295 e. The van der Waals surface area contributed by atoms with E-state index in [-0.39, 0.29) is 17.8 Å². The van der Waals surface area contributed by atoms with Gasteiger partial charge in [0.2, 0.25) is 0 Å². The molecule has 11 heteroatoms. The summed E-state index contributed by atoms with van der Waals surface area (Å²) in [7, 11) is -1.95. The molecule has 176 valence electrons. The number of hydrogen-bond acceptors (Lipinski definition) is 6. The van der Waals surface area contributed by atoms with E-state index in [0.717, 1.165) is 11.6 Å². The van der Waals surface area contributed by atoms with Crippen LogP contribution in [0.15, 0.2) is 36.7 Å². The fourth-order valence-electron chi connectivity index (χ4n) is 4.17. The van der Waals surface area contributed by atoms with E-state index < -0.39 is 32.6 Å². The Morgan fingerprint density at radius 2 is 2.00 bits per heavy atom. The number of fused-ring (bicyclic) bond motifs is 1. The van der Waals surface area contributed by atoms with Crippen molar-refractivity contribution in [2.75, 3.05) is 26.4 Å². The third kappa shape index (κ3) is 4.90. The topological polar surface area (TPSA) is 95.7 Å². The van der Waals surface area contributed by atoms with E-state index >= 15 is 0 Å². The van der Waals surface area contributed by atoms with Crippen molar-refractivity contribution in [2.45, 2.75) is 24.8 Å². The zero-order valence-electron chi connectivity index (χ0n) is 18.2. The minimum atomic E-state index is -3.15. The van der Waals surface area contributed by atoms with Gasteiger partial charge in [-0.2, -0.15) is 0 Å². The van der Waals surface area contributed by atoms with Gasteiger partial charge in [0.25, 0.3) is 5.91 Å². The van der Waals surface area contributed by atoms with Gasteiger partial charge in [0.15, 0.2) is 9.84 Å². The average molecular weight is 479 g/mol. The molecule has 1 aliphatic rings. The van der Waals surface area contributed by atoms with Gasteiger partial charge in [0, 0.05) is 49.6 Å². The molecule has 1 unspecified atom stereocenters. The predicted octanol–water partition coefficient (Wildman–Crippen LogP) is 2.44. The number of hydrogen-bond donors (Lipinski definition) is 1. The molecule has 33 heavy (non-hydrogen) atoms. The maximum atomic E-state index is 14.3. The number of sulfone groups is 1. The number of pyridine rings is 1. The molecule has 1 saturated heterocycles.